The molecule has 8 heteroatoms. The molecule has 0 spiro atoms. The molecule has 2 N–H and O–H groups in total. The third kappa shape index (κ3) is 7.42. The molecule has 2 aromatic rings. The van der Waals surface area contributed by atoms with Crippen LogP contribution in [0.4, 0.5) is 0 Å². The van der Waals surface area contributed by atoms with E-state index < -0.39 is 0 Å². The predicted octanol–water partition coefficient (Wildman–Crippen LogP) is 2.43. The summed E-state index contributed by atoms with van der Waals surface area (Å²) in [5.41, 5.74) is 0. The molecule has 1 heterocycles. The molecule has 0 aliphatic rings. The molecule has 7 nitrogen and oxygen atoms in total. The Morgan fingerprint density at radius 1 is 1.27 bits per heavy atom. The van der Waals surface area contributed by atoms with Crippen LogP contribution in [-0.2, 0) is 13.6 Å². The van der Waals surface area contributed by atoms with Crippen LogP contribution in [0, 0.1) is 6.92 Å². The first kappa shape index (κ1) is 21.9. The van der Waals surface area contributed by atoms with Gasteiger partial charge in [-0.2, -0.15) is 0 Å². The number of nitrogens with zero attached hydrogens (tertiary/aromatic N) is 4. The Labute approximate surface area is 172 Å². The highest BCUT2D eigenvalue weighted by Crippen LogP contribution is 2.08. The summed E-state index contributed by atoms with van der Waals surface area (Å²) in [7, 11) is 1.94. The standard InChI is InChI=1S/C18H26N6O.HI/c1-4-11-19-18(21-14-17-23-22-15(2)24(17)3)20-12-8-13-25-16-9-6-5-7-10-16;/h4-7,9-10H,1,8,11-14H2,2-3H3,(H2,19,20,21);1H. The van der Waals surface area contributed by atoms with Gasteiger partial charge in [0, 0.05) is 20.1 Å². The Hall–Kier alpha value is -2.10. The quantitative estimate of drug-likeness (QED) is 0.194. The van der Waals surface area contributed by atoms with E-state index in [-0.39, 0.29) is 24.0 Å². The molecule has 0 unspecified atom stereocenters. The summed E-state index contributed by atoms with van der Waals surface area (Å²) in [6.45, 7) is 8.15. The second-order valence-corrected chi connectivity index (χ2v) is 5.50. The van der Waals surface area contributed by atoms with Crippen LogP contribution in [0.3, 0.4) is 0 Å². The molecule has 1 aromatic heterocycles. The van der Waals surface area contributed by atoms with Crippen molar-refractivity contribution in [2.24, 2.45) is 12.0 Å². The minimum Gasteiger partial charge on any atom is -0.494 e. The van der Waals surface area contributed by atoms with E-state index >= 15 is 0 Å². The number of benzene rings is 1. The van der Waals surface area contributed by atoms with Gasteiger partial charge in [-0.3, -0.25) is 0 Å². The molecule has 26 heavy (non-hydrogen) atoms. The van der Waals surface area contributed by atoms with Crippen molar-refractivity contribution in [3.8, 4) is 5.75 Å². The van der Waals surface area contributed by atoms with Crippen molar-refractivity contribution in [1.82, 2.24) is 25.4 Å². The maximum atomic E-state index is 5.68. The van der Waals surface area contributed by atoms with Gasteiger partial charge in [-0.15, -0.1) is 40.8 Å². The Morgan fingerprint density at radius 3 is 2.69 bits per heavy atom. The molecular formula is C18H27IN6O. The molecule has 1 aromatic carbocycles. The zero-order valence-corrected chi connectivity index (χ0v) is 17.6. The first-order chi connectivity index (χ1) is 12.2. The third-order valence-electron chi connectivity index (χ3n) is 3.60. The van der Waals surface area contributed by atoms with Gasteiger partial charge in [0.15, 0.2) is 11.8 Å². The highest BCUT2D eigenvalue weighted by molar-refractivity contribution is 14.0. The minimum absolute atomic E-state index is 0. The van der Waals surface area contributed by atoms with Gasteiger partial charge < -0.3 is 19.9 Å². The summed E-state index contributed by atoms with van der Waals surface area (Å²) in [4.78, 5) is 4.54. The fourth-order valence-corrected chi connectivity index (χ4v) is 2.07. The lowest BCUT2D eigenvalue weighted by Crippen LogP contribution is -2.38. The second kappa shape index (κ2) is 12.3. The summed E-state index contributed by atoms with van der Waals surface area (Å²) in [5.74, 6) is 3.31. The van der Waals surface area contributed by atoms with Crippen LogP contribution in [0.2, 0.25) is 0 Å². The van der Waals surface area contributed by atoms with E-state index in [2.05, 4.69) is 32.4 Å². The molecule has 0 aliphatic carbocycles. The zero-order chi connectivity index (χ0) is 17.9. The second-order valence-electron chi connectivity index (χ2n) is 5.50. The van der Waals surface area contributed by atoms with Crippen LogP contribution in [0.25, 0.3) is 0 Å². The molecule has 0 atom stereocenters. The zero-order valence-electron chi connectivity index (χ0n) is 15.3. The maximum Gasteiger partial charge on any atom is 0.191 e. The largest absolute Gasteiger partial charge is 0.494 e. The van der Waals surface area contributed by atoms with Crippen molar-refractivity contribution in [3.63, 3.8) is 0 Å². The van der Waals surface area contributed by atoms with E-state index in [1.54, 1.807) is 6.08 Å². The van der Waals surface area contributed by atoms with Gasteiger partial charge in [-0.05, 0) is 25.5 Å². The first-order valence-electron chi connectivity index (χ1n) is 8.36. The first-order valence-corrected chi connectivity index (χ1v) is 8.36. The summed E-state index contributed by atoms with van der Waals surface area (Å²) in [6, 6.07) is 9.81. The number of hydrogen-bond acceptors (Lipinski definition) is 4. The molecule has 0 aliphatic heterocycles. The average molecular weight is 470 g/mol. The Balaban J connectivity index is 0.00000338. The van der Waals surface area contributed by atoms with Gasteiger partial charge in [0.05, 0.1) is 6.61 Å². The molecule has 0 radical (unpaired) electrons. The van der Waals surface area contributed by atoms with Gasteiger partial charge in [0.25, 0.3) is 0 Å². The highest BCUT2D eigenvalue weighted by Gasteiger charge is 2.04. The van der Waals surface area contributed by atoms with Crippen LogP contribution in [-0.4, -0.2) is 40.4 Å². The summed E-state index contributed by atoms with van der Waals surface area (Å²) in [5, 5.41) is 14.7. The number of rotatable bonds is 9. The van der Waals surface area contributed by atoms with Crippen molar-refractivity contribution in [3.05, 3.63) is 54.6 Å². The minimum atomic E-state index is 0. The van der Waals surface area contributed by atoms with E-state index in [9.17, 15) is 0 Å². The lowest BCUT2D eigenvalue weighted by molar-refractivity contribution is 0.311. The van der Waals surface area contributed by atoms with Crippen LogP contribution in [0.5, 0.6) is 5.75 Å². The van der Waals surface area contributed by atoms with Gasteiger partial charge >= 0.3 is 0 Å². The van der Waals surface area contributed by atoms with Crippen LogP contribution < -0.4 is 15.4 Å². The molecule has 142 valence electrons. The normalized spacial score (nSPS) is 10.8. The number of aromatic nitrogens is 3. The van der Waals surface area contributed by atoms with E-state index in [1.807, 2.05) is 48.9 Å². The number of nitrogens with one attached hydrogen (secondary N) is 2. The summed E-state index contributed by atoms with van der Waals surface area (Å²) in [6.07, 6.45) is 2.66. The van der Waals surface area contributed by atoms with Gasteiger partial charge in [0.1, 0.15) is 18.1 Å². The smallest absolute Gasteiger partial charge is 0.191 e. The number of guanidine groups is 1. The van der Waals surface area contributed by atoms with E-state index in [4.69, 9.17) is 4.74 Å². The fraction of sp³-hybridized carbons (Fsp3) is 0.389. The Morgan fingerprint density at radius 2 is 2.04 bits per heavy atom. The van der Waals surface area contributed by atoms with Crippen molar-refractivity contribution < 1.29 is 4.74 Å². The summed E-state index contributed by atoms with van der Waals surface area (Å²) < 4.78 is 7.61. The molecular weight excluding hydrogens is 443 g/mol. The molecule has 0 bridgehead atoms. The number of hydrogen-bond donors (Lipinski definition) is 2. The van der Waals surface area contributed by atoms with Crippen LogP contribution >= 0.6 is 24.0 Å². The summed E-state index contributed by atoms with van der Waals surface area (Å²) >= 11 is 0. The molecule has 0 amide bonds. The number of aliphatic imine (C=N–C) groups is 1. The van der Waals surface area contributed by atoms with Crippen LogP contribution in [0.1, 0.15) is 18.1 Å². The Bertz CT molecular complexity index is 686. The number of halogens is 1. The molecule has 0 saturated carbocycles. The predicted molar refractivity (Wildman–Crippen MR) is 115 cm³/mol. The fourth-order valence-electron chi connectivity index (χ4n) is 2.07. The van der Waals surface area contributed by atoms with E-state index in [1.165, 1.54) is 0 Å². The van der Waals surface area contributed by atoms with Gasteiger partial charge in [-0.25, -0.2) is 4.99 Å². The third-order valence-corrected chi connectivity index (χ3v) is 3.60. The SMILES string of the molecule is C=CCNC(=NCc1nnc(C)n1C)NCCCOc1ccccc1.I. The van der Waals surface area contributed by atoms with Crippen molar-refractivity contribution in [1.29, 1.82) is 0 Å². The van der Waals surface area contributed by atoms with Crippen molar-refractivity contribution in [2.75, 3.05) is 19.7 Å². The van der Waals surface area contributed by atoms with Gasteiger partial charge in [-0.1, -0.05) is 24.3 Å². The number of aryl methyl sites for hydroxylation is 1. The van der Waals surface area contributed by atoms with E-state index in [0.717, 1.165) is 36.3 Å². The topological polar surface area (TPSA) is 76.4 Å². The van der Waals surface area contributed by atoms with E-state index in [0.29, 0.717) is 19.7 Å². The van der Waals surface area contributed by atoms with Crippen molar-refractivity contribution >= 4 is 29.9 Å². The molecule has 0 saturated heterocycles. The van der Waals surface area contributed by atoms with Gasteiger partial charge in [0.2, 0.25) is 0 Å². The number of ether oxygens (including phenoxy) is 1. The van der Waals surface area contributed by atoms with Crippen LogP contribution in [0.15, 0.2) is 48.0 Å². The highest BCUT2D eigenvalue weighted by atomic mass is 127. The lowest BCUT2D eigenvalue weighted by Gasteiger charge is -2.12. The molecule has 2 rings (SSSR count). The molecule has 0 fully saturated rings. The number of para-hydroxylation sites is 1. The lowest BCUT2D eigenvalue weighted by atomic mass is 10.3. The van der Waals surface area contributed by atoms with Crippen molar-refractivity contribution in [2.45, 2.75) is 19.9 Å². The average Bonchev–Trinajstić information content (AvgIpc) is 2.96. The monoisotopic (exact) mass is 470 g/mol. The maximum absolute atomic E-state index is 5.68. The Kier molecular flexibility index (Phi) is 10.4.